The van der Waals surface area contributed by atoms with E-state index in [1.807, 2.05) is 12.1 Å². The van der Waals surface area contributed by atoms with Gasteiger partial charge in [-0.3, -0.25) is 9.79 Å². The summed E-state index contributed by atoms with van der Waals surface area (Å²) < 4.78 is 5.43. The van der Waals surface area contributed by atoms with E-state index >= 15 is 0 Å². The Kier molecular flexibility index (Phi) is 8.04. The maximum Gasteiger partial charge on any atom is 0.225 e. The summed E-state index contributed by atoms with van der Waals surface area (Å²) in [5.74, 6) is 2.42. The molecule has 1 aliphatic heterocycles. The molecule has 7 heteroatoms. The van der Waals surface area contributed by atoms with Crippen LogP contribution in [0.15, 0.2) is 45.3 Å². The van der Waals surface area contributed by atoms with Crippen LogP contribution in [-0.4, -0.2) is 49.0 Å². The van der Waals surface area contributed by atoms with Crippen LogP contribution in [0.2, 0.25) is 0 Å². The van der Waals surface area contributed by atoms with Crippen LogP contribution in [0.25, 0.3) is 0 Å². The lowest BCUT2D eigenvalue weighted by molar-refractivity contribution is -0.135. The molecule has 2 aliphatic rings. The number of aliphatic imine (C=N–C) groups is 1. The minimum Gasteiger partial charge on any atom is -0.469 e. The number of carbonyl (C=O) groups is 1. The van der Waals surface area contributed by atoms with Crippen molar-refractivity contribution in [2.45, 2.75) is 57.4 Å². The minimum absolute atomic E-state index is 0.248. The van der Waals surface area contributed by atoms with Gasteiger partial charge in [-0.2, -0.15) is 0 Å². The molecule has 0 bridgehead atoms. The molecule has 2 fully saturated rings. The number of nitrogens with zero attached hydrogens (tertiary/aromatic N) is 2. The highest BCUT2D eigenvalue weighted by atomic mass is 32.1. The predicted molar refractivity (Wildman–Crippen MR) is 125 cm³/mol. The number of nitrogens with one attached hydrogen (secondary N) is 2. The topological polar surface area (TPSA) is 69.9 Å². The Labute approximate surface area is 189 Å². The second-order valence-corrected chi connectivity index (χ2v) is 9.60. The maximum atomic E-state index is 12.9. The zero-order chi connectivity index (χ0) is 21.3. The van der Waals surface area contributed by atoms with E-state index in [9.17, 15) is 4.79 Å². The molecular formula is C24H34N4O2S. The molecule has 1 atom stereocenters. The molecule has 0 radical (unpaired) electrons. The molecule has 6 nitrogen and oxygen atoms in total. The lowest BCUT2D eigenvalue weighted by Gasteiger charge is -2.26. The Morgan fingerprint density at radius 1 is 1.16 bits per heavy atom. The lowest BCUT2D eigenvalue weighted by atomic mass is 9.88. The number of hydrogen-bond acceptors (Lipinski definition) is 4. The zero-order valence-corrected chi connectivity index (χ0v) is 19.0. The number of guanidine groups is 1. The van der Waals surface area contributed by atoms with Crippen molar-refractivity contribution in [3.05, 3.63) is 46.5 Å². The van der Waals surface area contributed by atoms with Gasteiger partial charge in [-0.05, 0) is 42.8 Å². The summed E-state index contributed by atoms with van der Waals surface area (Å²) in [6.07, 6.45) is 10.3. The Bertz CT molecular complexity index is 813. The standard InChI is InChI=1S/C24H34N4O2S/c29-23(19-6-2-1-3-7-19)28-15-12-20(18-28)27-24(25-13-10-21-8-4-16-30-21)26-14-11-22-9-5-17-31-22/h4-5,8-9,16-17,19-20H,1-3,6-7,10-15,18H2,(H2,25,26,27). The van der Waals surface area contributed by atoms with Gasteiger partial charge in [-0.15, -0.1) is 11.3 Å². The van der Waals surface area contributed by atoms with Gasteiger partial charge in [-0.1, -0.05) is 25.3 Å². The number of rotatable bonds is 8. The Hall–Kier alpha value is -2.28. The normalized spacial score (nSPS) is 20.2. The smallest absolute Gasteiger partial charge is 0.225 e. The maximum absolute atomic E-state index is 12.9. The summed E-state index contributed by atoms with van der Waals surface area (Å²) in [4.78, 5) is 21.1. The van der Waals surface area contributed by atoms with Crippen LogP contribution < -0.4 is 10.6 Å². The molecule has 1 unspecified atom stereocenters. The first-order valence-corrected chi connectivity index (χ1v) is 12.5. The van der Waals surface area contributed by atoms with Gasteiger partial charge in [0.15, 0.2) is 5.96 Å². The van der Waals surface area contributed by atoms with E-state index in [2.05, 4.69) is 33.0 Å². The van der Waals surface area contributed by atoms with Crippen molar-refractivity contribution in [1.29, 1.82) is 0 Å². The fourth-order valence-electron chi connectivity index (χ4n) is 4.52. The van der Waals surface area contributed by atoms with Crippen LogP contribution in [0.3, 0.4) is 0 Å². The Morgan fingerprint density at radius 2 is 2.06 bits per heavy atom. The van der Waals surface area contributed by atoms with Crippen LogP contribution >= 0.6 is 11.3 Å². The van der Waals surface area contributed by atoms with Crippen LogP contribution in [0.1, 0.15) is 49.2 Å². The van der Waals surface area contributed by atoms with E-state index in [0.717, 1.165) is 70.0 Å². The molecule has 3 heterocycles. The number of amides is 1. The van der Waals surface area contributed by atoms with E-state index in [4.69, 9.17) is 9.41 Å². The van der Waals surface area contributed by atoms with E-state index in [1.54, 1.807) is 17.6 Å². The van der Waals surface area contributed by atoms with Gasteiger partial charge in [0.2, 0.25) is 5.91 Å². The first-order chi connectivity index (χ1) is 15.3. The minimum atomic E-state index is 0.248. The van der Waals surface area contributed by atoms with Gasteiger partial charge in [0.1, 0.15) is 5.76 Å². The first kappa shape index (κ1) is 21.9. The summed E-state index contributed by atoms with van der Waals surface area (Å²) in [5.41, 5.74) is 0. The molecule has 2 aromatic rings. The third kappa shape index (κ3) is 6.60. The third-order valence-electron chi connectivity index (χ3n) is 6.25. The van der Waals surface area contributed by atoms with E-state index in [1.165, 1.54) is 24.1 Å². The second-order valence-electron chi connectivity index (χ2n) is 8.56. The average Bonchev–Trinajstić information content (AvgIpc) is 3.57. The van der Waals surface area contributed by atoms with Crippen molar-refractivity contribution in [2.75, 3.05) is 26.2 Å². The van der Waals surface area contributed by atoms with E-state index in [0.29, 0.717) is 5.91 Å². The summed E-state index contributed by atoms with van der Waals surface area (Å²) in [6, 6.07) is 8.41. The van der Waals surface area contributed by atoms with Crippen LogP contribution in [-0.2, 0) is 17.6 Å². The predicted octanol–water partition coefficient (Wildman–Crippen LogP) is 3.84. The molecule has 4 rings (SSSR count). The summed E-state index contributed by atoms with van der Waals surface area (Å²) >= 11 is 1.77. The van der Waals surface area contributed by atoms with Crippen molar-refractivity contribution in [2.24, 2.45) is 10.9 Å². The first-order valence-electron chi connectivity index (χ1n) is 11.7. The summed E-state index contributed by atoms with van der Waals surface area (Å²) in [7, 11) is 0. The fraction of sp³-hybridized carbons (Fsp3) is 0.583. The molecule has 2 N–H and O–H groups in total. The number of thiophene rings is 1. The van der Waals surface area contributed by atoms with Gasteiger partial charge in [0.25, 0.3) is 0 Å². The highest BCUT2D eigenvalue weighted by molar-refractivity contribution is 7.09. The molecular weight excluding hydrogens is 408 g/mol. The van der Waals surface area contributed by atoms with Crippen LogP contribution in [0.5, 0.6) is 0 Å². The number of furan rings is 1. The van der Waals surface area contributed by atoms with Crippen LogP contribution in [0.4, 0.5) is 0 Å². The molecule has 168 valence electrons. The van der Waals surface area contributed by atoms with E-state index < -0.39 is 0 Å². The molecule has 0 aromatic carbocycles. The average molecular weight is 443 g/mol. The van der Waals surface area contributed by atoms with Gasteiger partial charge >= 0.3 is 0 Å². The number of carbonyl (C=O) groups excluding carboxylic acids is 1. The third-order valence-corrected chi connectivity index (χ3v) is 7.18. The van der Waals surface area contributed by atoms with Gasteiger partial charge in [-0.25, -0.2) is 0 Å². The van der Waals surface area contributed by atoms with E-state index in [-0.39, 0.29) is 12.0 Å². The summed E-state index contributed by atoms with van der Waals surface area (Å²) in [6.45, 7) is 3.13. The van der Waals surface area contributed by atoms with Crippen molar-refractivity contribution >= 4 is 23.2 Å². The van der Waals surface area contributed by atoms with Gasteiger partial charge in [0.05, 0.1) is 6.26 Å². The lowest BCUT2D eigenvalue weighted by Crippen LogP contribution is -2.46. The molecule has 1 aliphatic carbocycles. The van der Waals surface area contributed by atoms with Crippen molar-refractivity contribution < 1.29 is 9.21 Å². The SMILES string of the molecule is O=C(C1CCCCC1)N1CCC(NC(=NCCc2cccs2)NCCc2ccco2)C1. The molecule has 31 heavy (non-hydrogen) atoms. The molecule has 2 aromatic heterocycles. The highest BCUT2D eigenvalue weighted by Crippen LogP contribution is 2.26. The highest BCUT2D eigenvalue weighted by Gasteiger charge is 2.31. The number of hydrogen-bond donors (Lipinski definition) is 2. The van der Waals surface area contributed by atoms with Crippen molar-refractivity contribution in [3.8, 4) is 0 Å². The molecule has 0 spiro atoms. The number of likely N-dealkylation sites (tertiary alicyclic amines) is 1. The van der Waals surface area contributed by atoms with Crippen molar-refractivity contribution in [3.63, 3.8) is 0 Å². The second kappa shape index (κ2) is 11.4. The molecule has 1 saturated heterocycles. The Balaban J connectivity index is 1.29. The van der Waals surface area contributed by atoms with Gasteiger partial charge in [0, 0.05) is 55.9 Å². The quantitative estimate of drug-likeness (QED) is 0.481. The van der Waals surface area contributed by atoms with Crippen molar-refractivity contribution in [1.82, 2.24) is 15.5 Å². The zero-order valence-electron chi connectivity index (χ0n) is 18.2. The molecule has 1 amide bonds. The Morgan fingerprint density at radius 3 is 2.84 bits per heavy atom. The largest absolute Gasteiger partial charge is 0.469 e. The monoisotopic (exact) mass is 442 g/mol. The fourth-order valence-corrected chi connectivity index (χ4v) is 5.22. The van der Waals surface area contributed by atoms with Crippen LogP contribution in [0, 0.1) is 5.92 Å². The summed E-state index contributed by atoms with van der Waals surface area (Å²) in [5, 5.41) is 9.14. The van der Waals surface area contributed by atoms with Gasteiger partial charge < -0.3 is 20.0 Å². The molecule has 1 saturated carbocycles.